The molecule has 0 fully saturated rings. The molecule has 2 aromatic carbocycles. The molecule has 0 saturated heterocycles. The highest BCUT2D eigenvalue weighted by molar-refractivity contribution is 5.99. The van der Waals surface area contributed by atoms with Gasteiger partial charge in [-0.15, -0.1) is 0 Å². The van der Waals surface area contributed by atoms with Crippen molar-refractivity contribution in [1.29, 1.82) is 0 Å². The zero-order valence-corrected chi connectivity index (χ0v) is 16.2. The van der Waals surface area contributed by atoms with Crippen LogP contribution in [0.5, 0.6) is 17.2 Å². The fourth-order valence-corrected chi connectivity index (χ4v) is 2.97. The zero-order valence-electron chi connectivity index (χ0n) is 16.2. The first-order valence-electron chi connectivity index (χ1n) is 9.82. The molecule has 0 aliphatic carbocycles. The molecule has 1 N–H and O–H groups in total. The maximum Gasteiger partial charge on any atom is 0.167 e. The Morgan fingerprint density at radius 2 is 1.37 bits per heavy atom. The molecule has 0 spiro atoms. The van der Waals surface area contributed by atoms with Crippen LogP contribution in [-0.2, 0) is 0 Å². The number of aromatic hydroxyl groups is 1. The number of phenols is 1. The summed E-state index contributed by atoms with van der Waals surface area (Å²) in [4.78, 5) is 11.6. The minimum Gasteiger partial charge on any atom is -0.507 e. The van der Waals surface area contributed by atoms with Crippen molar-refractivity contribution in [1.82, 2.24) is 0 Å². The molecule has 4 nitrogen and oxygen atoms in total. The van der Waals surface area contributed by atoms with E-state index >= 15 is 0 Å². The van der Waals surface area contributed by atoms with Crippen molar-refractivity contribution in [2.24, 2.45) is 0 Å². The van der Waals surface area contributed by atoms with Gasteiger partial charge in [-0.05, 0) is 44.0 Å². The van der Waals surface area contributed by atoms with Crippen molar-refractivity contribution in [3.63, 3.8) is 0 Å². The Labute approximate surface area is 162 Å². The van der Waals surface area contributed by atoms with Crippen LogP contribution in [0.3, 0.4) is 0 Å². The van der Waals surface area contributed by atoms with E-state index in [0.29, 0.717) is 12.4 Å². The highest BCUT2D eigenvalue weighted by atomic mass is 16.5. The molecule has 0 aliphatic heterocycles. The maximum absolute atomic E-state index is 11.6. The maximum atomic E-state index is 11.6. The summed E-state index contributed by atoms with van der Waals surface area (Å²) in [7, 11) is 0. The van der Waals surface area contributed by atoms with Crippen LogP contribution in [0.1, 0.15) is 62.2 Å². The number of unbranched alkanes of at least 4 members (excludes halogenated alkanes) is 6. The predicted molar refractivity (Wildman–Crippen MR) is 108 cm³/mol. The molecule has 0 atom stereocenters. The summed E-state index contributed by atoms with van der Waals surface area (Å²) in [6.45, 7) is 2.78. The van der Waals surface area contributed by atoms with E-state index in [2.05, 4.69) is 0 Å². The Kier molecular flexibility index (Phi) is 9.25. The van der Waals surface area contributed by atoms with Gasteiger partial charge in [-0.3, -0.25) is 4.79 Å². The van der Waals surface area contributed by atoms with E-state index in [1.54, 1.807) is 12.1 Å². The third kappa shape index (κ3) is 7.73. The van der Waals surface area contributed by atoms with E-state index in [-0.39, 0.29) is 17.1 Å². The van der Waals surface area contributed by atoms with E-state index in [9.17, 15) is 9.90 Å². The van der Waals surface area contributed by atoms with Crippen LogP contribution in [0.25, 0.3) is 0 Å². The number of ketones is 1. The van der Waals surface area contributed by atoms with Gasteiger partial charge in [-0.2, -0.15) is 0 Å². The third-order valence-corrected chi connectivity index (χ3v) is 4.41. The number of benzene rings is 2. The Morgan fingerprint density at radius 3 is 2.00 bits per heavy atom. The summed E-state index contributed by atoms with van der Waals surface area (Å²) in [6, 6.07) is 14.9. The number of Topliss-reactive ketones (excluding diaryl/α,β-unsaturated/α-hetero) is 1. The van der Waals surface area contributed by atoms with Crippen molar-refractivity contribution in [3.8, 4) is 17.2 Å². The van der Waals surface area contributed by atoms with Crippen LogP contribution < -0.4 is 9.47 Å². The van der Waals surface area contributed by atoms with E-state index in [1.165, 1.54) is 38.7 Å². The van der Waals surface area contributed by atoms with Crippen LogP contribution in [0.15, 0.2) is 48.5 Å². The van der Waals surface area contributed by atoms with E-state index in [4.69, 9.17) is 9.47 Å². The third-order valence-electron chi connectivity index (χ3n) is 4.41. The molecule has 0 aliphatic rings. The molecule has 2 aromatic rings. The number of para-hydroxylation sites is 1. The summed E-state index contributed by atoms with van der Waals surface area (Å²) >= 11 is 0. The number of ether oxygens (including phenoxy) is 2. The summed E-state index contributed by atoms with van der Waals surface area (Å²) < 4.78 is 11.4. The molecule has 0 amide bonds. The second kappa shape index (κ2) is 12.0. The number of hydrogen-bond acceptors (Lipinski definition) is 4. The molecule has 0 saturated carbocycles. The van der Waals surface area contributed by atoms with Crippen molar-refractivity contribution >= 4 is 5.78 Å². The number of carbonyl (C=O) groups excluding carboxylic acids is 1. The van der Waals surface area contributed by atoms with Crippen molar-refractivity contribution in [2.45, 2.75) is 51.9 Å². The highest BCUT2D eigenvalue weighted by Crippen LogP contribution is 2.28. The summed E-state index contributed by atoms with van der Waals surface area (Å²) in [6.07, 6.45) is 7.95. The van der Waals surface area contributed by atoms with E-state index in [0.717, 1.165) is 31.6 Å². The SMILES string of the molecule is CC(=O)c1c(O)cccc1OCCCCCCCCCOc1ccccc1. The van der Waals surface area contributed by atoms with Gasteiger partial charge in [0.15, 0.2) is 5.78 Å². The monoisotopic (exact) mass is 370 g/mol. The van der Waals surface area contributed by atoms with Gasteiger partial charge in [0.05, 0.1) is 13.2 Å². The minimum atomic E-state index is -0.181. The molecule has 0 unspecified atom stereocenters. The number of phenolic OH excluding ortho intramolecular Hbond substituents is 1. The molecule has 4 heteroatoms. The van der Waals surface area contributed by atoms with Gasteiger partial charge in [-0.1, -0.05) is 56.4 Å². The largest absolute Gasteiger partial charge is 0.507 e. The molecule has 0 aromatic heterocycles. The van der Waals surface area contributed by atoms with Crippen LogP contribution >= 0.6 is 0 Å². The predicted octanol–water partition coefficient (Wildman–Crippen LogP) is 5.78. The fraction of sp³-hybridized carbons (Fsp3) is 0.435. The Hall–Kier alpha value is -2.49. The number of hydrogen-bond donors (Lipinski definition) is 1. The van der Waals surface area contributed by atoms with Crippen LogP contribution in [0.4, 0.5) is 0 Å². The Bertz CT molecular complexity index is 682. The second-order valence-electron chi connectivity index (χ2n) is 6.69. The second-order valence-corrected chi connectivity index (χ2v) is 6.69. The fourth-order valence-electron chi connectivity index (χ4n) is 2.97. The van der Waals surface area contributed by atoms with Crippen LogP contribution in [-0.4, -0.2) is 24.1 Å². The summed E-state index contributed by atoms with van der Waals surface area (Å²) in [5, 5.41) is 9.78. The molecule has 0 heterocycles. The van der Waals surface area contributed by atoms with Crippen LogP contribution in [0, 0.1) is 0 Å². The molecule has 0 radical (unpaired) electrons. The van der Waals surface area contributed by atoms with Gasteiger partial charge in [0.1, 0.15) is 22.8 Å². The molecular formula is C23H30O4. The lowest BCUT2D eigenvalue weighted by atomic mass is 10.1. The number of carbonyl (C=O) groups is 1. The Balaban J connectivity index is 1.47. The van der Waals surface area contributed by atoms with Gasteiger partial charge in [0.2, 0.25) is 0 Å². The summed E-state index contributed by atoms with van der Waals surface area (Å²) in [5.41, 5.74) is 0.273. The zero-order chi connectivity index (χ0) is 19.3. The van der Waals surface area contributed by atoms with Gasteiger partial charge < -0.3 is 14.6 Å². The highest BCUT2D eigenvalue weighted by Gasteiger charge is 2.13. The lowest BCUT2D eigenvalue weighted by molar-refractivity contribution is 0.101. The van der Waals surface area contributed by atoms with Crippen LogP contribution in [0.2, 0.25) is 0 Å². The normalized spacial score (nSPS) is 10.6. The lowest BCUT2D eigenvalue weighted by Gasteiger charge is -2.11. The molecular weight excluding hydrogens is 340 g/mol. The van der Waals surface area contributed by atoms with Gasteiger partial charge in [-0.25, -0.2) is 0 Å². The van der Waals surface area contributed by atoms with Gasteiger partial charge in [0, 0.05) is 0 Å². The minimum absolute atomic E-state index is 0.0174. The quantitative estimate of drug-likeness (QED) is 0.358. The van der Waals surface area contributed by atoms with Crippen molar-refractivity contribution in [2.75, 3.05) is 13.2 Å². The molecule has 146 valence electrons. The molecule has 27 heavy (non-hydrogen) atoms. The van der Waals surface area contributed by atoms with Gasteiger partial charge in [0.25, 0.3) is 0 Å². The molecule has 0 bridgehead atoms. The smallest absolute Gasteiger partial charge is 0.167 e. The van der Waals surface area contributed by atoms with Crippen molar-refractivity contribution in [3.05, 3.63) is 54.1 Å². The first-order chi connectivity index (χ1) is 13.2. The topological polar surface area (TPSA) is 55.8 Å². The lowest BCUT2D eigenvalue weighted by Crippen LogP contribution is -2.03. The number of rotatable bonds is 13. The average Bonchev–Trinajstić information content (AvgIpc) is 2.66. The average molecular weight is 370 g/mol. The first kappa shape index (κ1) is 20.8. The van der Waals surface area contributed by atoms with Crippen molar-refractivity contribution < 1.29 is 19.4 Å². The Morgan fingerprint density at radius 1 is 0.778 bits per heavy atom. The first-order valence-corrected chi connectivity index (χ1v) is 9.82. The van der Waals surface area contributed by atoms with E-state index in [1.807, 2.05) is 30.3 Å². The molecule has 2 rings (SSSR count). The van der Waals surface area contributed by atoms with E-state index < -0.39 is 0 Å². The van der Waals surface area contributed by atoms with Gasteiger partial charge >= 0.3 is 0 Å². The standard InChI is InChI=1S/C23H30O4/c1-19(24)23-21(25)15-12-16-22(23)27-18-11-6-4-2-3-5-10-17-26-20-13-8-7-9-14-20/h7-9,12-16,25H,2-6,10-11,17-18H2,1H3. The summed E-state index contributed by atoms with van der Waals surface area (Å²) in [5.74, 6) is 1.22.